The molecule has 0 saturated carbocycles. The first-order valence-electron chi connectivity index (χ1n) is 9.54. The summed E-state index contributed by atoms with van der Waals surface area (Å²) in [6, 6.07) is 14.9. The molecular weight excluding hydrogens is 372 g/mol. The third kappa shape index (κ3) is 5.39. The zero-order valence-corrected chi connectivity index (χ0v) is 16.3. The highest BCUT2D eigenvalue weighted by molar-refractivity contribution is 5.97. The van der Waals surface area contributed by atoms with Crippen LogP contribution in [0.15, 0.2) is 54.6 Å². The molecule has 8 nitrogen and oxygen atoms in total. The Morgan fingerprint density at radius 2 is 1.76 bits per heavy atom. The SMILES string of the molecule is C[C@H](NC(=O)c1cccc([N+](=O)[O-])c1)C(=O)N1CCN(Cc2ccccc2)CC1. The zero-order valence-electron chi connectivity index (χ0n) is 16.3. The second kappa shape index (κ2) is 9.29. The second-order valence-electron chi connectivity index (χ2n) is 7.09. The van der Waals surface area contributed by atoms with E-state index in [0.29, 0.717) is 13.1 Å². The van der Waals surface area contributed by atoms with Crippen molar-refractivity contribution in [3.8, 4) is 0 Å². The van der Waals surface area contributed by atoms with Crippen LogP contribution in [0, 0.1) is 10.1 Å². The van der Waals surface area contributed by atoms with Crippen molar-refractivity contribution in [3.63, 3.8) is 0 Å². The van der Waals surface area contributed by atoms with Gasteiger partial charge in [-0.25, -0.2) is 0 Å². The number of carbonyl (C=O) groups excluding carboxylic acids is 2. The van der Waals surface area contributed by atoms with Gasteiger partial charge < -0.3 is 10.2 Å². The molecule has 0 radical (unpaired) electrons. The number of nitro groups is 1. The fraction of sp³-hybridized carbons (Fsp3) is 0.333. The molecule has 0 aromatic heterocycles. The van der Waals surface area contributed by atoms with Gasteiger partial charge in [0.05, 0.1) is 4.92 Å². The van der Waals surface area contributed by atoms with Gasteiger partial charge in [0.1, 0.15) is 6.04 Å². The number of rotatable bonds is 6. The first kappa shape index (κ1) is 20.5. The minimum atomic E-state index is -0.706. The number of carbonyl (C=O) groups is 2. The van der Waals surface area contributed by atoms with Crippen molar-refractivity contribution in [2.45, 2.75) is 19.5 Å². The number of nitrogens with one attached hydrogen (secondary N) is 1. The molecule has 1 aliphatic heterocycles. The Morgan fingerprint density at radius 1 is 1.07 bits per heavy atom. The van der Waals surface area contributed by atoms with Crippen LogP contribution in [-0.2, 0) is 11.3 Å². The van der Waals surface area contributed by atoms with Crippen molar-refractivity contribution >= 4 is 17.5 Å². The summed E-state index contributed by atoms with van der Waals surface area (Å²) in [6.45, 7) is 5.22. The molecule has 2 amide bonds. The Labute approximate surface area is 169 Å². The fourth-order valence-electron chi connectivity index (χ4n) is 3.34. The van der Waals surface area contributed by atoms with Crippen molar-refractivity contribution in [2.24, 2.45) is 0 Å². The lowest BCUT2D eigenvalue weighted by atomic mass is 10.1. The predicted molar refractivity (Wildman–Crippen MR) is 108 cm³/mol. The van der Waals surface area contributed by atoms with E-state index in [1.165, 1.54) is 29.8 Å². The van der Waals surface area contributed by atoms with Gasteiger partial charge in [-0.1, -0.05) is 36.4 Å². The Bertz CT molecular complexity index is 879. The molecule has 1 N–H and O–H groups in total. The number of non-ortho nitro benzene ring substituents is 1. The number of nitrogens with zero attached hydrogens (tertiary/aromatic N) is 3. The van der Waals surface area contributed by atoms with Crippen LogP contribution in [0.2, 0.25) is 0 Å². The third-order valence-corrected chi connectivity index (χ3v) is 4.97. The number of benzene rings is 2. The van der Waals surface area contributed by atoms with Crippen LogP contribution in [0.4, 0.5) is 5.69 Å². The van der Waals surface area contributed by atoms with Crippen LogP contribution in [0.25, 0.3) is 0 Å². The lowest BCUT2D eigenvalue weighted by Gasteiger charge is -2.36. The molecule has 1 heterocycles. The second-order valence-corrected chi connectivity index (χ2v) is 7.09. The number of amides is 2. The van der Waals surface area contributed by atoms with Crippen molar-refractivity contribution in [2.75, 3.05) is 26.2 Å². The van der Waals surface area contributed by atoms with Gasteiger partial charge in [-0.2, -0.15) is 0 Å². The van der Waals surface area contributed by atoms with E-state index in [1.807, 2.05) is 18.2 Å². The summed E-state index contributed by atoms with van der Waals surface area (Å²) in [5.74, 6) is -0.652. The molecule has 3 rings (SSSR count). The molecule has 152 valence electrons. The highest BCUT2D eigenvalue weighted by Crippen LogP contribution is 2.14. The summed E-state index contributed by atoms with van der Waals surface area (Å²) in [6.07, 6.45) is 0. The van der Waals surface area contributed by atoms with Gasteiger partial charge in [-0.05, 0) is 18.6 Å². The molecule has 29 heavy (non-hydrogen) atoms. The number of hydrogen-bond donors (Lipinski definition) is 1. The van der Waals surface area contributed by atoms with Gasteiger partial charge in [-0.15, -0.1) is 0 Å². The van der Waals surface area contributed by atoms with Crippen LogP contribution in [0.3, 0.4) is 0 Å². The smallest absolute Gasteiger partial charge is 0.270 e. The summed E-state index contributed by atoms with van der Waals surface area (Å²) in [5, 5.41) is 13.5. The lowest BCUT2D eigenvalue weighted by molar-refractivity contribution is -0.384. The van der Waals surface area contributed by atoms with Crippen LogP contribution in [0.1, 0.15) is 22.8 Å². The van der Waals surface area contributed by atoms with Crippen LogP contribution in [-0.4, -0.2) is 58.8 Å². The largest absolute Gasteiger partial charge is 0.341 e. The highest BCUT2D eigenvalue weighted by Gasteiger charge is 2.26. The quantitative estimate of drug-likeness (QED) is 0.596. The normalized spacial score (nSPS) is 15.6. The minimum absolute atomic E-state index is 0.150. The third-order valence-electron chi connectivity index (χ3n) is 4.97. The number of hydrogen-bond acceptors (Lipinski definition) is 5. The Kier molecular flexibility index (Phi) is 6.56. The first-order valence-corrected chi connectivity index (χ1v) is 9.54. The van der Waals surface area contributed by atoms with E-state index in [2.05, 4.69) is 22.3 Å². The predicted octanol–water partition coefficient (Wildman–Crippen LogP) is 2.06. The lowest BCUT2D eigenvalue weighted by Crippen LogP contribution is -2.53. The molecular formula is C21H24N4O4. The summed E-state index contributed by atoms with van der Waals surface area (Å²) in [4.78, 5) is 39.4. The van der Waals surface area contributed by atoms with E-state index < -0.39 is 16.9 Å². The van der Waals surface area contributed by atoms with Gasteiger partial charge in [0.15, 0.2) is 0 Å². The van der Waals surface area contributed by atoms with Gasteiger partial charge in [0.2, 0.25) is 5.91 Å². The van der Waals surface area contributed by atoms with E-state index in [1.54, 1.807) is 11.8 Å². The summed E-state index contributed by atoms with van der Waals surface area (Å²) in [5.41, 5.74) is 1.24. The molecule has 1 aliphatic rings. The summed E-state index contributed by atoms with van der Waals surface area (Å²) < 4.78 is 0. The maximum absolute atomic E-state index is 12.7. The molecule has 0 spiro atoms. The Morgan fingerprint density at radius 3 is 2.41 bits per heavy atom. The number of nitro benzene ring substituents is 1. The molecule has 0 bridgehead atoms. The highest BCUT2D eigenvalue weighted by atomic mass is 16.6. The van der Waals surface area contributed by atoms with E-state index in [4.69, 9.17) is 0 Å². The molecule has 1 atom stereocenters. The number of piperazine rings is 1. The fourth-order valence-corrected chi connectivity index (χ4v) is 3.34. The molecule has 2 aromatic rings. The molecule has 0 unspecified atom stereocenters. The van der Waals surface area contributed by atoms with Gasteiger partial charge in [0.25, 0.3) is 11.6 Å². The Hall–Kier alpha value is -3.26. The van der Waals surface area contributed by atoms with E-state index in [9.17, 15) is 19.7 Å². The average Bonchev–Trinajstić information content (AvgIpc) is 2.74. The molecule has 1 fully saturated rings. The Balaban J connectivity index is 1.51. The topological polar surface area (TPSA) is 95.8 Å². The van der Waals surface area contributed by atoms with E-state index in [-0.39, 0.29) is 17.2 Å². The summed E-state index contributed by atoms with van der Waals surface area (Å²) >= 11 is 0. The van der Waals surface area contributed by atoms with Gasteiger partial charge >= 0.3 is 0 Å². The van der Waals surface area contributed by atoms with Crippen molar-refractivity contribution in [1.82, 2.24) is 15.1 Å². The maximum atomic E-state index is 12.7. The molecule has 2 aromatic carbocycles. The molecule has 8 heteroatoms. The zero-order chi connectivity index (χ0) is 20.8. The van der Waals surface area contributed by atoms with Crippen molar-refractivity contribution in [1.29, 1.82) is 0 Å². The van der Waals surface area contributed by atoms with Crippen molar-refractivity contribution in [3.05, 3.63) is 75.8 Å². The summed E-state index contributed by atoms with van der Waals surface area (Å²) in [7, 11) is 0. The van der Waals surface area contributed by atoms with Gasteiger partial charge in [-0.3, -0.25) is 24.6 Å². The monoisotopic (exact) mass is 396 g/mol. The molecule has 0 aliphatic carbocycles. The van der Waals surface area contributed by atoms with Crippen LogP contribution in [0.5, 0.6) is 0 Å². The van der Waals surface area contributed by atoms with Crippen LogP contribution >= 0.6 is 0 Å². The van der Waals surface area contributed by atoms with E-state index >= 15 is 0 Å². The maximum Gasteiger partial charge on any atom is 0.270 e. The van der Waals surface area contributed by atoms with Gasteiger partial charge in [0, 0.05) is 50.4 Å². The average molecular weight is 396 g/mol. The van der Waals surface area contributed by atoms with Crippen molar-refractivity contribution < 1.29 is 14.5 Å². The van der Waals surface area contributed by atoms with Crippen LogP contribution < -0.4 is 5.32 Å². The van der Waals surface area contributed by atoms with E-state index in [0.717, 1.165) is 19.6 Å². The minimum Gasteiger partial charge on any atom is -0.341 e. The first-order chi connectivity index (χ1) is 13.9. The molecule has 1 saturated heterocycles. The standard InChI is InChI=1S/C21H24N4O4/c1-16(22-20(26)18-8-5-9-19(14-18)25(28)29)21(27)24-12-10-23(11-13-24)15-17-6-3-2-4-7-17/h2-9,14,16H,10-13,15H2,1H3,(H,22,26)/t16-/m0/s1.